The van der Waals surface area contributed by atoms with Crippen LogP contribution in [0.3, 0.4) is 0 Å². The summed E-state index contributed by atoms with van der Waals surface area (Å²) in [5.74, 6) is 1.16. The van der Waals surface area contributed by atoms with E-state index in [1.54, 1.807) is 10.7 Å². The first-order valence-corrected chi connectivity index (χ1v) is 10.8. The van der Waals surface area contributed by atoms with E-state index >= 15 is 0 Å². The molecule has 4 rings (SSSR count). The van der Waals surface area contributed by atoms with Gasteiger partial charge >= 0.3 is 0 Å². The second kappa shape index (κ2) is 9.40. The number of carbonyl (C=O) groups excluding carboxylic acids is 1. The molecule has 1 aliphatic rings. The lowest BCUT2D eigenvalue weighted by molar-refractivity contribution is -0.115. The SMILES string of the molecule is CCC(=O)Nc1ccc(CNc2nc(NC3CCOCC3)nc3c(Br)cnn23)cc1. The van der Waals surface area contributed by atoms with Crippen molar-refractivity contribution in [2.75, 3.05) is 29.2 Å². The molecular formula is C20H24BrN7O2. The van der Waals surface area contributed by atoms with Crippen LogP contribution in [0.1, 0.15) is 31.7 Å². The van der Waals surface area contributed by atoms with Crippen LogP contribution in [0, 0.1) is 0 Å². The van der Waals surface area contributed by atoms with Crippen molar-refractivity contribution in [1.29, 1.82) is 0 Å². The summed E-state index contributed by atoms with van der Waals surface area (Å²) in [6.07, 6.45) is 4.02. The third kappa shape index (κ3) is 4.88. The zero-order valence-corrected chi connectivity index (χ0v) is 18.3. The summed E-state index contributed by atoms with van der Waals surface area (Å²) >= 11 is 3.51. The van der Waals surface area contributed by atoms with Gasteiger partial charge < -0.3 is 20.7 Å². The molecule has 3 N–H and O–H groups in total. The second-order valence-electron chi connectivity index (χ2n) is 7.08. The smallest absolute Gasteiger partial charge is 0.229 e. The largest absolute Gasteiger partial charge is 0.381 e. The highest BCUT2D eigenvalue weighted by molar-refractivity contribution is 9.10. The molecule has 0 radical (unpaired) electrons. The Morgan fingerprint density at radius 3 is 2.73 bits per heavy atom. The van der Waals surface area contributed by atoms with Crippen LogP contribution in [0.15, 0.2) is 34.9 Å². The minimum absolute atomic E-state index is 0.00179. The van der Waals surface area contributed by atoms with Gasteiger partial charge in [0.25, 0.3) is 0 Å². The zero-order chi connectivity index (χ0) is 20.9. The third-order valence-electron chi connectivity index (χ3n) is 4.89. The van der Waals surface area contributed by atoms with E-state index in [1.165, 1.54) is 0 Å². The number of aromatic nitrogens is 4. The van der Waals surface area contributed by atoms with E-state index in [4.69, 9.17) is 4.74 Å². The maximum absolute atomic E-state index is 11.5. The molecule has 1 amide bonds. The number of benzene rings is 1. The van der Waals surface area contributed by atoms with E-state index in [0.717, 1.165) is 41.8 Å². The fourth-order valence-corrected chi connectivity index (χ4v) is 3.54. The Hall–Kier alpha value is -2.72. The van der Waals surface area contributed by atoms with Crippen LogP contribution in [-0.2, 0) is 16.1 Å². The van der Waals surface area contributed by atoms with Crippen LogP contribution in [0.25, 0.3) is 5.65 Å². The van der Waals surface area contributed by atoms with Crippen LogP contribution in [0.4, 0.5) is 17.6 Å². The number of carbonyl (C=O) groups is 1. The number of fused-ring (bicyclic) bond motifs is 1. The minimum Gasteiger partial charge on any atom is -0.381 e. The van der Waals surface area contributed by atoms with Crippen molar-refractivity contribution in [2.24, 2.45) is 0 Å². The molecule has 1 fully saturated rings. The zero-order valence-electron chi connectivity index (χ0n) is 16.7. The highest BCUT2D eigenvalue weighted by Gasteiger charge is 2.17. The van der Waals surface area contributed by atoms with Crippen molar-refractivity contribution in [1.82, 2.24) is 19.6 Å². The predicted molar refractivity (Wildman–Crippen MR) is 119 cm³/mol. The highest BCUT2D eigenvalue weighted by atomic mass is 79.9. The van der Waals surface area contributed by atoms with Gasteiger partial charge in [0.1, 0.15) is 0 Å². The number of nitrogens with zero attached hydrogens (tertiary/aromatic N) is 4. The first-order chi connectivity index (χ1) is 14.6. The van der Waals surface area contributed by atoms with E-state index in [1.807, 2.05) is 31.2 Å². The average molecular weight is 474 g/mol. The fourth-order valence-electron chi connectivity index (χ4n) is 3.19. The number of rotatable bonds is 7. The topological polar surface area (TPSA) is 105 Å². The number of hydrogen-bond acceptors (Lipinski definition) is 7. The summed E-state index contributed by atoms with van der Waals surface area (Å²) in [6, 6.07) is 8.01. The lowest BCUT2D eigenvalue weighted by Crippen LogP contribution is -2.29. The maximum atomic E-state index is 11.5. The van der Waals surface area contributed by atoms with Crippen molar-refractivity contribution in [3.8, 4) is 0 Å². The summed E-state index contributed by atoms with van der Waals surface area (Å²) in [7, 11) is 0. The molecule has 1 saturated heterocycles. The van der Waals surface area contributed by atoms with Gasteiger partial charge in [0.05, 0.1) is 10.7 Å². The molecular weight excluding hydrogens is 450 g/mol. The van der Waals surface area contributed by atoms with Crippen molar-refractivity contribution < 1.29 is 9.53 Å². The maximum Gasteiger partial charge on any atom is 0.229 e. The number of hydrogen-bond donors (Lipinski definition) is 3. The number of anilines is 3. The molecule has 0 aliphatic carbocycles. The molecule has 3 heterocycles. The molecule has 0 saturated carbocycles. The number of nitrogens with one attached hydrogen (secondary N) is 3. The second-order valence-corrected chi connectivity index (χ2v) is 7.94. The van der Waals surface area contributed by atoms with Crippen molar-refractivity contribution in [3.63, 3.8) is 0 Å². The first kappa shape index (κ1) is 20.5. The van der Waals surface area contributed by atoms with Crippen LogP contribution in [-0.4, -0.2) is 44.7 Å². The average Bonchev–Trinajstić information content (AvgIpc) is 3.14. The quantitative estimate of drug-likeness (QED) is 0.482. The number of ether oxygens (including phenoxy) is 1. The molecule has 158 valence electrons. The van der Waals surface area contributed by atoms with E-state index in [2.05, 4.69) is 46.9 Å². The number of halogens is 1. The Balaban J connectivity index is 1.49. The lowest BCUT2D eigenvalue weighted by atomic mass is 10.1. The third-order valence-corrected chi connectivity index (χ3v) is 5.45. The first-order valence-electron chi connectivity index (χ1n) is 10.0. The Morgan fingerprint density at radius 1 is 1.23 bits per heavy atom. The highest BCUT2D eigenvalue weighted by Crippen LogP contribution is 2.22. The van der Waals surface area contributed by atoms with Crippen molar-refractivity contribution >= 4 is 45.1 Å². The molecule has 1 aromatic carbocycles. The molecule has 0 unspecified atom stereocenters. The van der Waals surface area contributed by atoms with Gasteiger partial charge in [-0.2, -0.15) is 19.6 Å². The van der Waals surface area contributed by atoms with E-state index < -0.39 is 0 Å². The Morgan fingerprint density at radius 2 is 2.00 bits per heavy atom. The molecule has 9 nitrogen and oxygen atoms in total. The monoisotopic (exact) mass is 473 g/mol. The van der Waals surface area contributed by atoms with Gasteiger partial charge in [-0.15, -0.1) is 0 Å². The standard InChI is InChI=1S/C20H24BrN7O2/c1-2-17(29)24-14-5-3-13(4-6-14)11-22-20-27-19(25-15-7-9-30-10-8-15)26-18-16(21)12-23-28(18)20/h3-6,12,15H,2,7-11H2,1H3,(H,24,29)(H2,22,25,26,27). The molecule has 0 atom stereocenters. The van der Waals surface area contributed by atoms with E-state index in [0.29, 0.717) is 36.6 Å². The summed E-state index contributed by atoms with van der Waals surface area (Å²) in [5.41, 5.74) is 2.54. The van der Waals surface area contributed by atoms with Crippen LogP contribution in [0.2, 0.25) is 0 Å². The summed E-state index contributed by atoms with van der Waals surface area (Å²) in [4.78, 5) is 20.8. The van der Waals surface area contributed by atoms with Crippen LogP contribution >= 0.6 is 15.9 Å². The van der Waals surface area contributed by atoms with Gasteiger partial charge in [0, 0.05) is 37.9 Å². The predicted octanol–water partition coefficient (Wildman–Crippen LogP) is 3.44. The van der Waals surface area contributed by atoms with Crippen LogP contribution < -0.4 is 16.0 Å². The van der Waals surface area contributed by atoms with Gasteiger partial charge in [0.2, 0.25) is 17.8 Å². The Bertz CT molecular complexity index is 1020. The van der Waals surface area contributed by atoms with E-state index in [9.17, 15) is 4.79 Å². The molecule has 2 aromatic heterocycles. The fraction of sp³-hybridized carbons (Fsp3) is 0.400. The van der Waals surface area contributed by atoms with Crippen LogP contribution in [0.5, 0.6) is 0 Å². The van der Waals surface area contributed by atoms with Gasteiger partial charge in [-0.3, -0.25) is 4.79 Å². The summed E-state index contributed by atoms with van der Waals surface area (Å²) in [5, 5.41) is 14.0. The Kier molecular flexibility index (Phi) is 6.44. The van der Waals surface area contributed by atoms with Gasteiger partial charge in [-0.1, -0.05) is 19.1 Å². The van der Waals surface area contributed by atoms with Gasteiger partial charge in [-0.05, 0) is 46.5 Å². The van der Waals surface area contributed by atoms with Crippen molar-refractivity contribution in [3.05, 3.63) is 40.5 Å². The molecule has 30 heavy (non-hydrogen) atoms. The van der Waals surface area contributed by atoms with Crippen molar-refractivity contribution in [2.45, 2.75) is 38.8 Å². The molecule has 3 aromatic rings. The molecule has 10 heteroatoms. The lowest BCUT2D eigenvalue weighted by Gasteiger charge is -2.23. The number of amides is 1. The van der Waals surface area contributed by atoms with Gasteiger partial charge in [-0.25, -0.2) is 0 Å². The molecule has 0 spiro atoms. The Labute approximate surface area is 182 Å². The van der Waals surface area contributed by atoms with Gasteiger partial charge in [0.15, 0.2) is 5.65 Å². The normalized spacial score (nSPS) is 14.6. The summed E-state index contributed by atoms with van der Waals surface area (Å²) < 4.78 is 7.90. The molecule has 1 aliphatic heterocycles. The molecule has 0 bridgehead atoms. The minimum atomic E-state index is -0.00179. The summed E-state index contributed by atoms with van der Waals surface area (Å²) in [6.45, 7) is 3.88. The van der Waals surface area contributed by atoms with E-state index in [-0.39, 0.29) is 5.91 Å².